The molecule has 4 nitrogen and oxygen atoms in total. The zero-order valence-electron chi connectivity index (χ0n) is 24.4. The minimum Gasteiger partial charge on any atom is -0.322 e. The molecule has 0 aliphatic heterocycles. The van der Waals surface area contributed by atoms with Gasteiger partial charge in [-0.25, -0.2) is 0 Å². The summed E-state index contributed by atoms with van der Waals surface area (Å²) in [5, 5.41) is 6.85. The lowest BCUT2D eigenvalue weighted by Crippen LogP contribution is -2.15. The maximum absolute atomic E-state index is 12.3. The van der Waals surface area contributed by atoms with Gasteiger partial charge in [-0.2, -0.15) is 0 Å². The van der Waals surface area contributed by atoms with E-state index in [1.807, 2.05) is 36.4 Å². The first-order valence-corrected chi connectivity index (χ1v) is 15.6. The van der Waals surface area contributed by atoms with E-state index < -0.39 is 0 Å². The lowest BCUT2D eigenvalue weighted by molar-refractivity contribution is 0.101. The third kappa shape index (κ3) is 9.43. The van der Waals surface area contributed by atoms with Crippen molar-refractivity contribution in [3.8, 4) is 0 Å². The van der Waals surface area contributed by atoms with Crippen LogP contribution >= 0.6 is 55.1 Å². The van der Waals surface area contributed by atoms with E-state index in [0.29, 0.717) is 25.6 Å². The summed E-state index contributed by atoms with van der Waals surface area (Å²) in [5.41, 5.74) is 5.04. The van der Waals surface area contributed by atoms with Crippen molar-refractivity contribution in [1.29, 1.82) is 0 Å². The van der Waals surface area contributed by atoms with Crippen LogP contribution in [0.3, 0.4) is 0 Å². The summed E-state index contributed by atoms with van der Waals surface area (Å²) in [6, 6.07) is 26.2. The first-order valence-electron chi connectivity index (χ1n) is 13.3. The molecule has 2 N–H and O–H groups in total. The van der Waals surface area contributed by atoms with Crippen molar-refractivity contribution in [2.24, 2.45) is 0 Å². The molecule has 4 rings (SSSR count). The number of carbonyl (C=O) groups excluding carboxylic acids is 2. The Bertz CT molecular complexity index is 1590. The number of hydrogen-bond acceptors (Lipinski definition) is 2. The lowest BCUT2D eigenvalue weighted by atomic mass is 9.87. The van der Waals surface area contributed by atoms with Crippen LogP contribution in [0.2, 0.25) is 10.0 Å². The summed E-state index contributed by atoms with van der Waals surface area (Å²) in [4.78, 5) is 24.6. The molecule has 0 aliphatic rings. The number of anilines is 2. The molecule has 4 aromatic carbocycles. The molecule has 0 saturated carbocycles. The smallest absolute Gasteiger partial charge is 0.256 e. The fourth-order valence-corrected chi connectivity index (χ4v) is 4.89. The van der Waals surface area contributed by atoms with Crippen molar-refractivity contribution in [1.82, 2.24) is 0 Å². The second kappa shape index (κ2) is 14.2. The van der Waals surface area contributed by atoms with Gasteiger partial charge in [0.15, 0.2) is 0 Å². The Kier molecular flexibility index (Phi) is 11.5. The van der Waals surface area contributed by atoms with Gasteiger partial charge in [-0.15, -0.1) is 0 Å². The molecule has 0 aromatic heterocycles. The van der Waals surface area contributed by atoms with E-state index in [-0.39, 0.29) is 22.6 Å². The van der Waals surface area contributed by atoms with Gasteiger partial charge in [0.1, 0.15) is 0 Å². The number of nitrogens with one attached hydrogen (secondary N) is 2. The summed E-state index contributed by atoms with van der Waals surface area (Å²) in [7, 11) is 0. The van der Waals surface area contributed by atoms with Gasteiger partial charge in [0, 0.05) is 25.9 Å². The Morgan fingerprint density at radius 2 is 1.12 bits per heavy atom. The highest BCUT2D eigenvalue weighted by atomic mass is 79.9. The molecule has 0 spiro atoms. The lowest BCUT2D eigenvalue weighted by Gasteiger charge is -2.20. The molecule has 0 unspecified atom stereocenters. The maximum Gasteiger partial charge on any atom is 0.256 e. The molecule has 42 heavy (non-hydrogen) atoms. The second-order valence-corrected chi connectivity index (χ2v) is 14.3. The molecule has 4 aromatic rings. The van der Waals surface area contributed by atoms with Crippen molar-refractivity contribution in [3.63, 3.8) is 0 Å². The van der Waals surface area contributed by atoms with E-state index in [1.165, 1.54) is 11.1 Å². The standard InChI is InChI=1S/2C17H17BrClNO/c1-17(2,3)11-6-4-7-12(10-11)20-16(21)13-8-5-9-14(19)15(13)18;1-17(2,3)12-5-4-6-13(10-12)20-16(21)11-7-8-14(18)15(19)9-11/h2*4-10H,1-3H3,(H,20,21). The Hall–Kier alpha value is -2.64. The van der Waals surface area contributed by atoms with Gasteiger partial charge < -0.3 is 10.6 Å². The monoisotopic (exact) mass is 730 g/mol. The van der Waals surface area contributed by atoms with Crippen LogP contribution in [-0.2, 0) is 10.8 Å². The van der Waals surface area contributed by atoms with Crippen molar-refractivity contribution < 1.29 is 9.59 Å². The van der Waals surface area contributed by atoms with Gasteiger partial charge in [0.05, 0.1) is 15.6 Å². The molecule has 0 heterocycles. The highest BCUT2D eigenvalue weighted by molar-refractivity contribution is 9.11. The average molecular weight is 733 g/mol. The van der Waals surface area contributed by atoms with E-state index in [4.69, 9.17) is 23.2 Å². The van der Waals surface area contributed by atoms with Gasteiger partial charge in [0.2, 0.25) is 0 Å². The zero-order valence-corrected chi connectivity index (χ0v) is 29.1. The summed E-state index contributed by atoms with van der Waals surface area (Å²) < 4.78 is 1.38. The van der Waals surface area contributed by atoms with Gasteiger partial charge >= 0.3 is 0 Å². The quantitative estimate of drug-likeness (QED) is 0.219. The highest BCUT2D eigenvalue weighted by Crippen LogP contribution is 2.29. The molecule has 0 saturated heterocycles. The first-order chi connectivity index (χ1) is 19.6. The number of rotatable bonds is 4. The molecule has 2 amide bonds. The Morgan fingerprint density at radius 1 is 0.619 bits per heavy atom. The Labute approximate surface area is 275 Å². The van der Waals surface area contributed by atoms with E-state index >= 15 is 0 Å². The Balaban J connectivity index is 0.000000230. The Morgan fingerprint density at radius 3 is 1.62 bits per heavy atom. The van der Waals surface area contributed by atoms with Crippen LogP contribution in [0.5, 0.6) is 0 Å². The molecule has 0 aliphatic carbocycles. The average Bonchev–Trinajstić information content (AvgIpc) is 2.91. The summed E-state index contributed by atoms with van der Waals surface area (Å²) >= 11 is 18.7. The molecular weight excluding hydrogens is 699 g/mol. The zero-order chi connectivity index (χ0) is 31.2. The van der Waals surface area contributed by atoms with Crippen molar-refractivity contribution in [2.45, 2.75) is 52.4 Å². The third-order valence-corrected chi connectivity index (χ3v) is 8.98. The molecule has 0 fully saturated rings. The molecule has 220 valence electrons. The number of halogens is 4. The minimum absolute atomic E-state index is 0.0391. The maximum atomic E-state index is 12.3. The summed E-state index contributed by atoms with van der Waals surface area (Å²) in [6.07, 6.45) is 0. The second-order valence-electron chi connectivity index (χ2n) is 11.8. The third-order valence-electron chi connectivity index (χ3n) is 6.35. The van der Waals surface area contributed by atoms with E-state index in [9.17, 15) is 9.59 Å². The van der Waals surface area contributed by atoms with Gasteiger partial charge in [-0.3, -0.25) is 9.59 Å². The van der Waals surface area contributed by atoms with Crippen LogP contribution in [0.15, 0.2) is 93.9 Å². The van der Waals surface area contributed by atoms with Crippen LogP contribution in [0.1, 0.15) is 73.4 Å². The van der Waals surface area contributed by atoms with E-state index in [1.54, 1.807) is 36.4 Å². The SMILES string of the molecule is CC(C)(C)c1cccc(NC(=O)c2ccc(Br)c(Cl)c2)c1.CC(C)(C)c1cccc(NC(=O)c2cccc(Cl)c2Br)c1. The topological polar surface area (TPSA) is 58.2 Å². The van der Waals surface area contributed by atoms with Gasteiger partial charge in [0.25, 0.3) is 11.8 Å². The predicted molar refractivity (Wildman–Crippen MR) is 184 cm³/mol. The van der Waals surface area contributed by atoms with Crippen LogP contribution in [-0.4, -0.2) is 11.8 Å². The minimum atomic E-state index is -0.185. The molecule has 0 radical (unpaired) electrons. The fraction of sp³-hybridized carbons (Fsp3) is 0.235. The van der Waals surface area contributed by atoms with Crippen LogP contribution < -0.4 is 10.6 Å². The highest BCUT2D eigenvalue weighted by Gasteiger charge is 2.17. The number of benzene rings is 4. The summed E-state index contributed by atoms with van der Waals surface area (Å²) in [5.74, 6) is -0.356. The van der Waals surface area contributed by atoms with Gasteiger partial charge in [-0.1, -0.05) is 95.1 Å². The number of hydrogen-bond donors (Lipinski definition) is 2. The molecular formula is C34H34Br2Cl2N2O2. The van der Waals surface area contributed by atoms with Crippen LogP contribution in [0.25, 0.3) is 0 Å². The van der Waals surface area contributed by atoms with Crippen LogP contribution in [0.4, 0.5) is 11.4 Å². The fourth-order valence-electron chi connectivity index (χ4n) is 3.85. The molecule has 8 heteroatoms. The number of amides is 2. The number of carbonyl (C=O) groups is 2. The first kappa shape index (κ1) is 33.9. The van der Waals surface area contributed by atoms with Crippen molar-refractivity contribution in [2.75, 3.05) is 10.6 Å². The van der Waals surface area contributed by atoms with E-state index in [2.05, 4.69) is 96.2 Å². The predicted octanol–water partition coefficient (Wildman–Crippen LogP) is 11.3. The van der Waals surface area contributed by atoms with Crippen molar-refractivity contribution in [3.05, 3.63) is 126 Å². The normalized spacial score (nSPS) is 11.3. The molecule has 0 bridgehead atoms. The molecule has 0 atom stereocenters. The van der Waals surface area contributed by atoms with Crippen LogP contribution in [0, 0.1) is 0 Å². The summed E-state index contributed by atoms with van der Waals surface area (Å²) in [6.45, 7) is 12.8. The largest absolute Gasteiger partial charge is 0.322 e. The van der Waals surface area contributed by atoms with Crippen molar-refractivity contribution >= 4 is 78.3 Å². The van der Waals surface area contributed by atoms with E-state index in [0.717, 1.165) is 15.8 Å². The van der Waals surface area contributed by atoms with Gasteiger partial charge in [-0.05, 0) is 108 Å².